The fraction of sp³-hybridized carbons (Fsp3) is 0.333. The number of phenolic OH excluding ortho intramolecular Hbond substituents is 1. The molecule has 3 heteroatoms. The second-order valence-electron chi connectivity index (χ2n) is 6.07. The van der Waals surface area contributed by atoms with Gasteiger partial charge in [0.1, 0.15) is 17.0 Å². The van der Waals surface area contributed by atoms with Gasteiger partial charge in [-0.15, -0.1) is 0 Å². The van der Waals surface area contributed by atoms with Crippen LogP contribution in [0.5, 0.6) is 5.75 Å². The van der Waals surface area contributed by atoms with Gasteiger partial charge in [0.25, 0.3) is 0 Å². The van der Waals surface area contributed by atoms with Crippen LogP contribution in [0.15, 0.2) is 54.6 Å². The zero-order chi connectivity index (χ0) is 15.5. The predicted molar refractivity (Wildman–Crippen MR) is 82.8 cm³/mol. The summed E-state index contributed by atoms with van der Waals surface area (Å²) in [6, 6.07) is 17.0. The highest BCUT2D eigenvalue weighted by Crippen LogP contribution is 2.35. The van der Waals surface area contributed by atoms with E-state index in [9.17, 15) is 5.11 Å². The average Bonchev–Trinajstić information content (AvgIpc) is 2.47. The number of hydrogen-bond acceptors (Lipinski definition) is 3. The lowest BCUT2D eigenvalue weighted by Gasteiger charge is -2.31. The van der Waals surface area contributed by atoms with Crippen LogP contribution in [0.1, 0.15) is 38.8 Å². The molecular weight excluding hydrogens is 264 g/mol. The molecule has 0 atom stereocenters. The van der Waals surface area contributed by atoms with Crippen molar-refractivity contribution in [2.24, 2.45) is 0 Å². The van der Waals surface area contributed by atoms with Crippen LogP contribution >= 0.6 is 0 Å². The molecule has 2 aromatic rings. The van der Waals surface area contributed by atoms with E-state index in [0.717, 1.165) is 5.56 Å². The second kappa shape index (κ2) is 5.88. The second-order valence-corrected chi connectivity index (χ2v) is 6.07. The molecule has 0 saturated carbocycles. The van der Waals surface area contributed by atoms with E-state index in [-0.39, 0.29) is 5.75 Å². The summed E-state index contributed by atoms with van der Waals surface area (Å²) in [4.78, 5) is 11.3. The third-order valence-corrected chi connectivity index (χ3v) is 3.48. The van der Waals surface area contributed by atoms with Crippen LogP contribution in [-0.4, -0.2) is 5.11 Å². The first kappa shape index (κ1) is 15.5. The summed E-state index contributed by atoms with van der Waals surface area (Å²) in [7, 11) is 0. The van der Waals surface area contributed by atoms with E-state index >= 15 is 0 Å². The van der Waals surface area contributed by atoms with Crippen LogP contribution in [-0.2, 0) is 21.0 Å². The standard InChI is InChI=1S/C18H22O3/c1-17(2,14-10-6-5-7-11-14)20-21-18(3,4)15-12-8-9-13-16(15)19/h5-13,19H,1-4H3. The number of aromatic hydroxyl groups is 1. The summed E-state index contributed by atoms with van der Waals surface area (Å²) in [5.41, 5.74) is 0.382. The number of para-hydroxylation sites is 1. The Kier molecular flexibility index (Phi) is 4.35. The van der Waals surface area contributed by atoms with E-state index in [1.165, 1.54) is 0 Å². The maximum absolute atomic E-state index is 9.96. The maximum Gasteiger partial charge on any atom is 0.126 e. The highest BCUT2D eigenvalue weighted by Gasteiger charge is 2.31. The van der Waals surface area contributed by atoms with Gasteiger partial charge in [0.2, 0.25) is 0 Å². The van der Waals surface area contributed by atoms with E-state index < -0.39 is 11.2 Å². The van der Waals surface area contributed by atoms with Gasteiger partial charge < -0.3 is 5.11 Å². The van der Waals surface area contributed by atoms with Crippen molar-refractivity contribution >= 4 is 0 Å². The van der Waals surface area contributed by atoms with Crippen LogP contribution in [0.25, 0.3) is 0 Å². The van der Waals surface area contributed by atoms with E-state index in [1.54, 1.807) is 12.1 Å². The Bertz CT molecular complexity index is 588. The van der Waals surface area contributed by atoms with Crippen LogP contribution in [0.2, 0.25) is 0 Å². The number of hydrogen-bond donors (Lipinski definition) is 1. The molecule has 0 fully saturated rings. The summed E-state index contributed by atoms with van der Waals surface area (Å²) in [5.74, 6) is 0.198. The molecule has 0 amide bonds. The van der Waals surface area contributed by atoms with Crippen molar-refractivity contribution < 1.29 is 14.9 Å². The molecule has 0 heterocycles. The van der Waals surface area contributed by atoms with Crippen LogP contribution < -0.4 is 0 Å². The fourth-order valence-electron chi connectivity index (χ4n) is 2.12. The van der Waals surface area contributed by atoms with Crippen molar-refractivity contribution in [2.75, 3.05) is 0 Å². The van der Waals surface area contributed by atoms with Gasteiger partial charge in [0.15, 0.2) is 0 Å². The highest BCUT2D eigenvalue weighted by molar-refractivity contribution is 5.35. The van der Waals surface area contributed by atoms with E-state index in [2.05, 4.69) is 0 Å². The molecule has 0 aromatic heterocycles. The van der Waals surface area contributed by atoms with Gasteiger partial charge >= 0.3 is 0 Å². The first-order valence-electron chi connectivity index (χ1n) is 7.04. The Morgan fingerprint density at radius 3 is 1.86 bits per heavy atom. The predicted octanol–water partition coefficient (Wildman–Crippen LogP) is 4.51. The molecule has 2 rings (SSSR count). The summed E-state index contributed by atoms with van der Waals surface area (Å²) in [6.45, 7) is 7.62. The Labute approximate surface area is 126 Å². The first-order chi connectivity index (χ1) is 9.83. The van der Waals surface area contributed by atoms with E-state index in [4.69, 9.17) is 9.78 Å². The molecule has 0 bridgehead atoms. The lowest BCUT2D eigenvalue weighted by atomic mass is 9.97. The normalized spacial score (nSPS) is 12.4. The largest absolute Gasteiger partial charge is 0.508 e. The minimum atomic E-state index is -0.753. The quantitative estimate of drug-likeness (QED) is 0.649. The lowest BCUT2D eigenvalue weighted by molar-refractivity contribution is -0.410. The monoisotopic (exact) mass is 286 g/mol. The molecule has 0 saturated heterocycles. The summed E-state index contributed by atoms with van der Waals surface area (Å²) in [5, 5.41) is 9.96. The molecule has 0 spiro atoms. The van der Waals surface area contributed by atoms with Crippen molar-refractivity contribution in [3.63, 3.8) is 0 Å². The molecule has 0 unspecified atom stereocenters. The van der Waals surface area contributed by atoms with Gasteiger partial charge in [-0.2, -0.15) is 0 Å². The van der Waals surface area contributed by atoms with Crippen molar-refractivity contribution in [2.45, 2.75) is 38.9 Å². The van der Waals surface area contributed by atoms with Crippen LogP contribution in [0.3, 0.4) is 0 Å². The molecule has 0 aliphatic carbocycles. The molecule has 0 aliphatic rings. The minimum Gasteiger partial charge on any atom is -0.508 e. The van der Waals surface area contributed by atoms with Crippen LogP contribution in [0, 0.1) is 0 Å². The highest BCUT2D eigenvalue weighted by atomic mass is 17.2. The molecular formula is C18H22O3. The van der Waals surface area contributed by atoms with Gasteiger partial charge in [-0.25, -0.2) is 9.78 Å². The van der Waals surface area contributed by atoms with Gasteiger partial charge in [0, 0.05) is 5.56 Å². The van der Waals surface area contributed by atoms with Gasteiger partial charge in [-0.1, -0.05) is 48.5 Å². The number of phenols is 1. The molecule has 0 aliphatic heterocycles. The number of benzene rings is 2. The lowest BCUT2D eigenvalue weighted by Crippen LogP contribution is -2.29. The molecule has 112 valence electrons. The number of rotatable bonds is 5. The maximum atomic E-state index is 9.96. The Balaban J connectivity index is 2.13. The first-order valence-corrected chi connectivity index (χ1v) is 7.04. The van der Waals surface area contributed by atoms with Gasteiger partial charge in [0.05, 0.1) is 0 Å². The molecule has 21 heavy (non-hydrogen) atoms. The van der Waals surface area contributed by atoms with Gasteiger partial charge in [-0.05, 0) is 39.3 Å². The molecule has 0 radical (unpaired) electrons. The summed E-state index contributed by atoms with van der Waals surface area (Å²) < 4.78 is 0. The van der Waals surface area contributed by atoms with E-state index in [0.29, 0.717) is 5.56 Å². The van der Waals surface area contributed by atoms with Crippen LogP contribution in [0.4, 0.5) is 0 Å². The van der Waals surface area contributed by atoms with E-state index in [1.807, 2.05) is 70.2 Å². The fourth-order valence-corrected chi connectivity index (χ4v) is 2.12. The van der Waals surface area contributed by atoms with Crippen molar-refractivity contribution in [1.29, 1.82) is 0 Å². The summed E-state index contributed by atoms with van der Waals surface area (Å²) in [6.07, 6.45) is 0. The summed E-state index contributed by atoms with van der Waals surface area (Å²) >= 11 is 0. The minimum absolute atomic E-state index is 0.198. The van der Waals surface area contributed by atoms with Crippen molar-refractivity contribution in [3.05, 3.63) is 65.7 Å². The average molecular weight is 286 g/mol. The Morgan fingerprint density at radius 1 is 0.714 bits per heavy atom. The topological polar surface area (TPSA) is 38.7 Å². The van der Waals surface area contributed by atoms with Crippen molar-refractivity contribution in [1.82, 2.24) is 0 Å². The Morgan fingerprint density at radius 2 is 1.24 bits per heavy atom. The molecule has 3 nitrogen and oxygen atoms in total. The van der Waals surface area contributed by atoms with Crippen molar-refractivity contribution in [3.8, 4) is 5.75 Å². The third-order valence-electron chi connectivity index (χ3n) is 3.48. The Hall–Kier alpha value is -1.84. The molecule has 2 aromatic carbocycles. The van der Waals surface area contributed by atoms with Gasteiger partial charge in [-0.3, -0.25) is 0 Å². The zero-order valence-electron chi connectivity index (χ0n) is 13.0. The SMILES string of the molecule is CC(C)(OOC(C)(C)c1ccccc1O)c1ccccc1. The molecule has 1 N–H and O–H groups in total. The zero-order valence-corrected chi connectivity index (χ0v) is 13.0. The smallest absolute Gasteiger partial charge is 0.126 e. The third kappa shape index (κ3) is 3.63.